The van der Waals surface area contributed by atoms with Gasteiger partial charge < -0.3 is 19.7 Å². The van der Waals surface area contributed by atoms with Gasteiger partial charge in [0, 0.05) is 5.56 Å². The van der Waals surface area contributed by atoms with Crippen LogP contribution < -0.4 is 19.7 Å². The van der Waals surface area contributed by atoms with Crippen molar-refractivity contribution >= 4 is 17.3 Å². The van der Waals surface area contributed by atoms with Crippen LogP contribution in [0.2, 0.25) is 0 Å². The molecule has 1 amide bonds. The molecular weight excluding hydrogens is 357 g/mol. The summed E-state index contributed by atoms with van der Waals surface area (Å²) in [4.78, 5) is 23.6. The van der Waals surface area contributed by atoms with Gasteiger partial charge >= 0.3 is 0 Å². The van der Waals surface area contributed by atoms with Gasteiger partial charge in [-0.2, -0.15) is 0 Å². The molecule has 144 valence electrons. The van der Waals surface area contributed by atoms with Crippen molar-refractivity contribution in [3.8, 4) is 11.5 Å². The lowest BCUT2D eigenvalue weighted by Gasteiger charge is -2.14. The summed E-state index contributed by atoms with van der Waals surface area (Å²) >= 11 is 0. The van der Waals surface area contributed by atoms with E-state index in [1.807, 2.05) is 0 Å². The fourth-order valence-corrected chi connectivity index (χ4v) is 2.59. The number of nitrogens with one attached hydrogen (secondary N) is 2. The van der Waals surface area contributed by atoms with Crippen molar-refractivity contribution in [1.82, 2.24) is 0 Å². The Morgan fingerprint density at radius 3 is 2.56 bits per heavy atom. The molecule has 27 heavy (non-hydrogen) atoms. The highest BCUT2D eigenvalue weighted by atomic mass is 19.1. The number of ether oxygens (including phenoxy) is 2. The van der Waals surface area contributed by atoms with Crippen molar-refractivity contribution in [3.05, 3.63) is 57.9 Å². The van der Waals surface area contributed by atoms with E-state index in [1.54, 1.807) is 13.1 Å². The van der Waals surface area contributed by atoms with Crippen molar-refractivity contribution in [1.29, 1.82) is 0 Å². The van der Waals surface area contributed by atoms with E-state index in [-0.39, 0.29) is 23.7 Å². The van der Waals surface area contributed by atoms with Gasteiger partial charge in [-0.25, -0.2) is 4.39 Å². The van der Waals surface area contributed by atoms with E-state index in [9.17, 15) is 19.3 Å². The van der Waals surface area contributed by atoms with Crippen LogP contribution in [0, 0.1) is 15.9 Å². The first-order valence-electron chi connectivity index (χ1n) is 8.10. The largest absolute Gasteiger partial charge is 0.496 e. The molecule has 1 atom stereocenters. The number of benzene rings is 2. The van der Waals surface area contributed by atoms with Crippen LogP contribution in [0.4, 0.5) is 15.8 Å². The molecule has 0 saturated carbocycles. The summed E-state index contributed by atoms with van der Waals surface area (Å²) in [5.74, 6) is -0.388. The van der Waals surface area contributed by atoms with Crippen molar-refractivity contribution in [2.75, 3.05) is 33.1 Å². The van der Waals surface area contributed by atoms with Crippen molar-refractivity contribution in [2.24, 2.45) is 0 Å². The first kappa shape index (κ1) is 20.1. The van der Waals surface area contributed by atoms with E-state index in [0.29, 0.717) is 17.9 Å². The Labute approximate surface area is 155 Å². The molecule has 2 aromatic carbocycles. The van der Waals surface area contributed by atoms with Crippen LogP contribution in [0.1, 0.15) is 5.56 Å². The number of quaternary nitrogens is 1. The Balaban J connectivity index is 2.01. The zero-order chi connectivity index (χ0) is 20.0. The lowest BCUT2D eigenvalue weighted by atomic mass is 10.2. The maximum absolute atomic E-state index is 13.7. The Morgan fingerprint density at radius 2 is 1.96 bits per heavy atom. The molecule has 0 heterocycles. The summed E-state index contributed by atoms with van der Waals surface area (Å²) in [6.45, 7) is 0.454. The highest BCUT2D eigenvalue weighted by Crippen LogP contribution is 2.28. The standard InChI is InChI=1S/C18H20FN3O5/c1-21(10-12-4-7-17(27-3)14(19)8-12)11-18(23)20-15-6-5-13(26-2)9-16(15)22(24)25/h4-9H,10-11H2,1-3H3,(H,20,23)/p+1. The zero-order valence-corrected chi connectivity index (χ0v) is 15.2. The number of carbonyl (C=O) groups excluding carboxylic acids is 1. The van der Waals surface area contributed by atoms with Crippen molar-refractivity contribution in [2.45, 2.75) is 6.54 Å². The van der Waals surface area contributed by atoms with E-state index in [0.717, 1.165) is 4.90 Å². The van der Waals surface area contributed by atoms with E-state index < -0.39 is 16.6 Å². The third-order valence-electron chi connectivity index (χ3n) is 3.86. The molecule has 9 heteroatoms. The topological polar surface area (TPSA) is 95.1 Å². The number of halogens is 1. The van der Waals surface area contributed by atoms with Crippen LogP contribution in [0.5, 0.6) is 11.5 Å². The van der Waals surface area contributed by atoms with Crippen LogP contribution >= 0.6 is 0 Å². The molecule has 2 rings (SSSR count). The summed E-state index contributed by atoms with van der Waals surface area (Å²) in [6, 6.07) is 8.79. The van der Waals surface area contributed by atoms with Gasteiger partial charge in [0.05, 0.1) is 32.3 Å². The Kier molecular flexibility index (Phi) is 6.67. The number of methoxy groups -OCH3 is 2. The van der Waals surface area contributed by atoms with Gasteiger partial charge in [-0.3, -0.25) is 14.9 Å². The molecular formula is C18H21FN3O5+. The van der Waals surface area contributed by atoms with Gasteiger partial charge in [0.25, 0.3) is 11.6 Å². The van der Waals surface area contributed by atoms with Crippen LogP contribution in [0.25, 0.3) is 0 Å². The normalized spacial score (nSPS) is 11.6. The molecule has 2 N–H and O–H groups in total. The van der Waals surface area contributed by atoms with Crippen LogP contribution in [0.3, 0.4) is 0 Å². The number of amides is 1. The van der Waals surface area contributed by atoms with Crippen molar-refractivity contribution < 1.29 is 28.5 Å². The summed E-state index contributed by atoms with van der Waals surface area (Å²) in [7, 11) is 4.56. The van der Waals surface area contributed by atoms with E-state index in [1.165, 1.54) is 44.6 Å². The van der Waals surface area contributed by atoms with Gasteiger partial charge in [-0.05, 0) is 30.3 Å². The van der Waals surface area contributed by atoms with Gasteiger partial charge in [0.2, 0.25) is 0 Å². The van der Waals surface area contributed by atoms with Crippen LogP contribution in [0.15, 0.2) is 36.4 Å². The third-order valence-corrected chi connectivity index (χ3v) is 3.86. The molecule has 0 saturated heterocycles. The first-order valence-corrected chi connectivity index (χ1v) is 8.10. The molecule has 2 aromatic rings. The second-order valence-electron chi connectivity index (χ2n) is 5.97. The van der Waals surface area contributed by atoms with Gasteiger partial charge in [-0.15, -0.1) is 0 Å². The number of nitro groups is 1. The molecule has 0 aliphatic carbocycles. The number of likely N-dealkylation sites (N-methyl/N-ethyl adjacent to an activating group) is 1. The fourth-order valence-electron chi connectivity index (χ4n) is 2.59. The average molecular weight is 378 g/mol. The summed E-state index contributed by atoms with van der Waals surface area (Å²) < 4.78 is 23.6. The maximum Gasteiger partial charge on any atom is 0.296 e. The maximum atomic E-state index is 13.7. The smallest absolute Gasteiger partial charge is 0.296 e. The molecule has 0 radical (unpaired) electrons. The number of nitro benzene ring substituents is 1. The summed E-state index contributed by atoms with van der Waals surface area (Å²) in [5, 5.41) is 13.7. The molecule has 0 aliphatic heterocycles. The number of anilines is 1. The van der Waals surface area contributed by atoms with E-state index in [4.69, 9.17) is 9.47 Å². The molecule has 0 aliphatic rings. The van der Waals surface area contributed by atoms with Gasteiger partial charge in [-0.1, -0.05) is 0 Å². The minimum Gasteiger partial charge on any atom is -0.496 e. The summed E-state index contributed by atoms with van der Waals surface area (Å²) in [6.07, 6.45) is 0. The summed E-state index contributed by atoms with van der Waals surface area (Å²) in [5.41, 5.74) is 0.542. The number of nitrogens with zero attached hydrogens (tertiary/aromatic N) is 1. The minimum absolute atomic E-state index is 0.0524. The Hall–Kier alpha value is -3.20. The number of carbonyl (C=O) groups is 1. The Bertz CT molecular complexity index is 844. The molecule has 0 fully saturated rings. The monoisotopic (exact) mass is 378 g/mol. The van der Waals surface area contributed by atoms with Gasteiger partial charge in [0.15, 0.2) is 18.1 Å². The number of hydrogen-bond donors (Lipinski definition) is 2. The van der Waals surface area contributed by atoms with Crippen LogP contribution in [-0.2, 0) is 11.3 Å². The molecule has 8 nitrogen and oxygen atoms in total. The Morgan fingerprint density at radius 1 is 1.22 bits per heavy atom. The lowest BCUT2D eigenvalue weighted by Crippen LogP contribution is -3.08. The predicted molar refractivity (Wildman–Crippen MR) is 96.7 cm³/mol. The fraction of sp³-hybridized carbons (Fsp3) is 0.278. The first-order chi connectivity index (χ1) is 12.8. The molecule has 0 bridgehead atoms. The van der Waals surface area contributed by atoms with Gasteiger partial charge in [0.1, 0.15) is 18.0 Å². The lowest BCUT2D eigenvalue weighted by molar-refractivity contribution is -0.885. The SMILES string of the molecule is COc1ccc(NC(=O)C[NH+](C)Cc2ccc(OC)c(F)c2)c([N+](=O)[O-])c1. The predicted octanol–water partition coefficient (Wildman–Crippen LogP) is 1.40. The van der Waals surface area contributed by atoms with Crippen LogP contribution in [-0.4, -0.2) is 38.6 Å². The van der Waals surface area contributed by atoms with E-state index >= 15 is 0 Å². The zero-order valence-electron chi connectivity index (χ0n) is 15.2. The van der Waals surface area contributed by atoms with E-state index in [2.05, 4.69) is 5.32 Å². The number of rotatable bonds is 8. The second-order valence-corrected chi connectivity index (χ2v) is 5.97. The molecule has 1 unspecified atom stereocenters. The third kappa shape index (κ3) is 5.38. The number of hydrogen-bond acceptors (Lipinski definition) is 5. The minimum atomic E-state index is -0.588. The highest BCUT2D eigenvalue weighted by molar-refractivity contribution is 5.93. The van der Waals surface area contributed by atoms with Crippen molar-refractivity contribution in [3.63, 3.8) is 0 Å². The molecule has 0 spiro atoms. The quantitative estimate of drug-likeness (QED) is 0.535. The average Bonchev–Trinajstić information content (AvgIpc) is 2.61. The highest BCUT2D eigenvalue weighted by Gasteiger charge is 2.19. The molecule has 0 aromatic heterocycles. The second kappa shape index (κ2) is 8.95.